The lowest BCUT2D eigenvalue weighted by Gasteiger charge is -2.28. The van der Waals surface area contributed by atoms with Crippen molar-refractivity contribution in [3.63, 3.8) is 0 Å². The van der Waals surface area contributed by atoms with Gasteiger partial charge in [0.05, 0.1) is 19.3 Å². The maximum absolute atomic E-state index is 6.00. The van der Waals surface area contributed by atoms with E-state index in [-0.39, 0.29) is 6.04 Å². The Morgan fingerprint density at radius 2 is 2.13 bits per heavy atom. The first-order valence-electron chi connectivity index (χ1n) is 5.06. The molecule has 0 bridgehead atoms. The highest BCUT2D eigenvalue weighted by atomic mass is 35.5. The van der Waals surface area contributed by atoms with Gasteiger partial charge in [0.1, 0.15) is 5.76 Å². The molecule has 0 amide bonds. The summed E-state index contributed by atoms with van der Waals surface area (Å²) in [6, 6.07) is 3.43. The molecule has 5 heteroatoms. The summed E-state index contributed by atoms with van der Waals surface area (Å²) >= 11 is 5.69. The van der Waals surface area contributed by atoms with Crippen LogP contribution in [0.4, 0.5) is 0 Å². The van der Waals surface area contributed by atoms with Gasteiger partial charge in [0.15, 0.2) is 5.22 Å². The van der Waals surface area contributed by atoms with E-state index in [1.54, 1.807) is 6.07 Å². The number of morpholine rings is 1. The lowest BCUT2D eigenvalue weighted by atomic mass is 10.2. The molecule has 0 saturated carbocycles. The highest BCUT2D eigenvalue weighted by molar-refractivity contribution is 6.28. The zero-order valence-corrected chi connectivity index (χ0v) is 9.24. The van der Waals surface area contributed by atoms with Gasteiger partial charge in [-0.15, -0.1) is 0 Å². The van der Waals surface area contributed by atoms with E-state index in [1.807, 2.05) is 6.07 Å². The molecular formula is C10H15ClN2O2. The molecule has 1 atom stereocenters. The summed E-state index contributed by atoms with van der Waals surface area (Å²) in [6.07, 6.45) is 0. The van der Waals surface area contributed by atoms with Crippen LogP contribution in [-0.4, -0.2) is 37.7 Å². The van der Waals surface area contributed by atoms with Crippen LogP contribution in [0.5, 0.6) is 0 Å². The molecule has 2 heterocycles. The van der Waals surface area contributed by atoms with Crippen LogP contribution in [0.15, 0.2) is 16.5 Å². The van der Waals surface area contributed by atoms with E-state index >= 15 is 0 Å². The van der Waals surface area contributed by atoms with Gasteiger partial charge in [-0.05, 0) is 23.7 Å². The van der Waals surface area contributed by atoms with Crippen molar-refractivity contribution >= 4 is 11.6 Å². The molecule has 2 N–H and O–H groups in total. The van der Waals surface area contributed by atoms with Crippen LogP contribution < -0.4 is 5.73 Å². The summed E-state index contributed by atoms with van der Waals surface area (Å²) < 4.78 is 10.5. The summed E-state index contributed by atoms with van der Waals surface area (Å²) in [7, 11) is 0. The summed E-state index contributed by atoms with van der Waals surface area (Å²) in [5.74, 6) is 0.742. The largest absolute Gasteiger partial charge is 0.448 e. The summed E-state index contributed by atoms with van der Waals surface area (Å²) in [4.78, 5) is 2.27. The normalized spacial score (nSPS) is 20.4. The first-order chi connectivity index (χ1) is 7.25. The van der Waals surface area contributed by atoms with Crippen molar-refractivity contribution in [1.82, 2.24) is 4.90 Å². The van der Waals surface area contributed by atoms with Gasteiger partial charge in [-0.3, -0.25) is 4.90 Å². The molecule has 84 valence electrons. The van der Waals surface area contributed by atoms with Gasteiger partial charge in [-0.25, -0.2) is 0 Å². The maximum atomic E-state index is 6.00. The van der Waals surface area contributed by atoms with Gasteiger partial charge < -0.3 is 14.9 Å². The van der Waals surface area contributed by atoms with Crippen molar-refractivity contribution in [3.8, 4) is 0 Å². The molecule has 1 unspecified atom stereocenters. The zero-order valence-electron chi connectivity index (χ0n) is 8.49. The molecule has 15 heavy (non-hydrogen) atoms. The predicted octanol–water partition coefficient (Wildman–Crippen LogP) is 1.26. The third-order valence-electron chi connectivity index (χ3n) is 2.52. The number of hydrogen-bond donors (Lipinski definition) is 1. The molecule has 1 aromatic heterocycles. The second-order valence-corrected chi connectivity index (χ2v) is 4.03. The fourth-order valence-electron chi connectivity index (χ4n) is 1.68. The lowest BCUT2D eigenvalue weighted by molar-refractivity contribution is 0.0343. The van der Waals surface area contributed by atoms with Gasteiger partial charge in [-0.2, -0.15) is 0 Å². The number of furan rings is 1. The summed E-state index contributed by atoms with van der Waals surface area (Å²) in [5, 5.41) is 0.391. The SMILES string of the molecule is NC(CN1CCOCC1)c1ccc(Cl)o1. The summed E-state index contributed by atoms with van der Waals surface area (Å²) in [6.45, 7) is 4.22. The highest BCUT2D eigenvalue weighted by Crippen LogP contribution is 2.19. The Hall–Kier alpha value is -0.550. The lowest BCUT2D eigenvalue weighted by Crippen LogP contribution is -2.40. The molecule has 0 radical (unpaired) electrons. The molecular weight excluding hydrogens is 216 g/mol. The standard InChI is InChI=1S/C10H15ClN2O2/c11-10-2-1-9(15-10)8(12)7-13-3-5-14-6-4-13/h1-2,8H,3-7,12H2. The zero-order chi connectivity index (χ0) is 10.7. The van der Waals surface area contributed by atoms with E-state index in [4.69, 9.17) is 26.5 Å². The smallest absolute Gasteiger partial charge is 0.193 e. The molecule has 2 rings (SSSR count). The van der Waals surface area contributed by atoms with Crippen molar-refractivity contribution in [2.24, 2.45) is 5.73 Å². The third kappa shape index (κ3) is 2.95. The van der Waals surface area contributed by atoms with Gasteiger partial charge in [-0.1, -0.05) is 0 Å². The van der Waals surface area contributed by atoms with Crippen molar-refractivity contribution in [1.29, 1.82) is 0 Å². The minimum absolute atomic E-state index is 0.115. The van der Waals surface area contributed by atoms with Crippen molar-refractivity contribution in [2.45, 2.75) is 6.04 Å². The number of ether oxygens (including phenoxy) is 1. The van der Waals surface area contributed by atoms with E-state index in [2.05, 4.69) is 4.90 Å². The third-order valence-corrected chi connectivity index (χ3v) is 2.72. The molecule has 4 nitrogen and oxygen atoms in total. The van der Waals surface area contributed by atoms with Gasteiger partial charge in [0.25, 0.3) is 0 Å². The van der Waals surface area contributed by atoms with Gasteiger partial charge in [0, 0.05) is 19.6 Å². The Morgan fingerprint density at radius 3 is 2.73 bits per heavy atom. The Labute approximate surface area is 93.9 Å². The quantitative estimate of drug-likeness (QED) is 0.850. The summed E-state index contributed by atoms with van der Waals surface area (Å²) in [5.41, 5.74) is 6.00. The van der Waals surface area contributed by atoms with E-state index in [0.29, 0.717) is 5.22 Å². The van der Waals surface area contributed by atoms with Crippen molar-refractivity contribution in [2.75, 3.05) is 32.8 Å². The minimum atomic E-state index is -0.115. The molecule has 0 aliphatic carbocycles. The molecule has 1 fully saturated rings. The average Bonchev–Trinajstić information content (AvgIpc) is 2.66. The van der Waals surface area contributed by atoms with E-state index in [9.17, 15) is 0 Å². The van der Waals surface area contributed by atoms with Crippen molar-refractivity contribution in [3.05, 3.63) is 23.1 Å². The topological polar surface area (TPSA) is 51.6 Å². The molecule has 0 aromatic carbocycles. The highest BCUT2D eigenvalue weighted by Gasteiger charge is 2.17. The van der Waals surface area contributed by atoms with Crippen LogP contribution in [0, 0.1) is 0 Å². The van der Waals surface area contributed by atoms with Gasteiger partial charge >= 0.3 is 0 Å². The molecule has 1 aliphatic rings. The Morgan fingerprint density at radius 1 is 1.40 bits per heavy atom. The van der Waals surface area contributed by atoms with Crippen LogP contribution >= 0.6 is 11.6 Å². The average molecular weight is 231 g/mol. The Kier molecular flexibility index (Phi) is 3.64. The fraction of sp³-hybridized carbons (Fsp3) is 0.600. The first-order valence-corrected chi connectivity index (χ1v) is 5.44. The maximum Gasteiger partial charge on any atom is 0.193 e. The van der Waals surface area contributed by atoms with E-state index in [0.717, 1.165) is 38.6 Å². The Balaban J connectivity index is 1.88. The predicted molar refractivity (Wildman–Crippen MR) is 57.9 cm³/mol. The van der Waals surface area contributed by atoms with E-state index in [1.165, 1.54) is 0 Å². The van der Waals surface area contributed by atoms with Crippen LogP contribution in [-0.2, 0) is 4.74 Å². The number of nitrogens with two attached hydrogens (primary N) is 1. The first kappa shape index (κ1) is 11.0. The fourth-order valence-corrected chi connectivity index (χ4v) is 1.83. The minimum Gasteiger partial charge on any atom is -0.448 e. The number of rotatable bonds is 3. The monoisotopic (exact) mass is 230 g/mol. The number of halogens is 1. The van der Waals surface area contributed by atoms with Gasteiger partial charge in [0.2, 0.25) is 0 Å². The van der Waals surface area contributed by atoms with E-state index < -0.39 is 0 Å². The second-order valence-electron chi connectivity index (χ2n) is 3.66. The second kappa shape index (κ2) is 4.99. The molecule has 1 aromatic rings. The van der Waals surface area contributed by atoms with Crippen molar-refractivity contribution < 1.29 is 9.15 Å². The molecule has 1 saturated heterocycles. The van der Waals surface area contributed by atoms with Crippen LogP contribution in [0.25, 0.3) is 0 Å². The van der Waals surface area contributed by atoms with Crippen LogP contribution in [0.2, 0.25) is 5.22 Å². The molecule has 1 aliphatic heterocycles. The number of nitrogens with zero attached hydrogens (tertiary/aromatic N) is 1. The van der Waals surface area contributed by atoms with Crippen LogP contribution in [0.1, 0.15) is 11.8 Å². The van der Waals surface area contributed by atoms with Crippen LogP contribution in [0.3, 0.4) is 0 Å². The molecule has 0 spiro atoms. The number of hydrogen-bond acceptors (Lipinski definition) is 4. The Bertz CT molecular complexity index is 310.